The number of halogens is 1. The van der Waals surface area contributed by atoms with E-state index in [4.69, 9.17) is 16.6 Å². The van der Waals surface area contributed by atoms with E-state index >= 15 is 0 Å². The SMILES string of the molecule is CCCN1CCN(C(=O)c2cc(-c3ccccc3C)nc3ccc(Cl)cc23)CC1. The van der Waals surface area contributed by atoms with Gasteiger partial charge in [0.15, 0.2) is 0 Å². The molecule has 0 atom stereocenters. The fourth-order valence-corrected chi connectivity index (χ4v) is 4.21. The van der Waals surface area contributed by atoms with Crippen molar-refractivity contribution in [2.24, 2.45) is 0 Å². The van der Waals surface area contributed by atoms with Gasteiger partial charge in [-0.2, -0.15) is 0 Å². The van der Waals surface area contributed by atoms with Gasteiger partial charge in [-0.1, -0.05) is 42.8 Å². The molecule has 150 valence electrons. The van der Waals surface area contributed by atoms with Crippen molar-refractivity contribution < 1.29 is 4.79 Å². The molecular formula is C24H26ClN3O. The first kappa shape index (κ1) is 19.9. The van der Waals surface area contributed by atoms with E-state index in [9.17, 15) is 4.79 Å². The maximum Gasteiger partial charge on any atom is 0.254 e. The standard InChI is InChI=1S/C24H26ClN3O/c1-3-10-27-11-13-28(14-12-27)24(29)21-16-23(19-7-5-4-6-17(19)2)26-22-9-8-18(25)15-20(21)22/h4-9,15-16H,3,10-14H2,1-2H3. The molecule has 0 N–H and O–H groups in total. The molecule has 1 saturated heterocycles. The Bertz CT molecular complexity index is 1040. The third kappa shape index (κ3) is 4.14. The van der Waals surface area contributed by atoms with Crippen LogP contribution in [0, 0.1) is 6.92 Å². The third-order valence-corrected chi connectivity index (χ3v) is 5.86. The van der Waals surface area contributed by atoms with Crippen molar-refractivity contribution >= 4 is 28.4 Å². The minimum absolute atomic E-state index is 0.0608. The van der Waals surface area contributed by atoms with Crippen molar-refractivity contribution in [3.8, 4) is 11.3 Å². The molecule has 0 spiro atoms. The molecule has 1 amide bonds. The summed E-state index contributed by atoms with van der Waals surface area (Å²) in [6, 6.07) is 15.7. The van der Waals surface area contributed by atoms with E-state index < -0.39 is 0 Å². The Morgan fingerprint density at radius 1 is 1.07 bits per heavy atom. The lowest BCUT2D eigenvalue weighted by Crippen LogP contribution is -2.48. The number of aryl methyl sites for hydroxylation is 1. The molecule has 0 radical (unpaired) electrons. The number of carbonyl (C=O) groups excluding carboxylic acids is 1. The van der Waals surface area contributed by atoms with E-state index in [1.807, 2.05) is 41.3 Å². The summed E-state index contributed by atoms with van der Waals surface area (Å²) in [5.41, 5.74) is 4.49. The summed E-state index contributed by atoms with van der Waals surface area (Å²) >= 11 is 6.26. The zero-order valence-corrected chi connectivity index (χ0v) is 17.7. The fraction of sp³-hybridized carbons (Fsp3) is 0.333. The van der Waals surface area contributed by atoms with Crippen LogP contribution in [0.4, 0.5) is 0 Å². The van der Waals surface area contributed by atoms with E-state index in [2.05, 4.69) is 30.9 Å². The van der Waals surface area contributed by atoms with Crippen molar-refractivity contribution in [1.82, 2.24) is 14.8 Å². The second kappa shape index (κ2) is 8.52. The number of hydrogen-bond acceptors (Lipinski definition) is 3. The van der Waals surface area contributed by atoms with Gasteiger partial charge in [0.05, 0.1) is 16.8 Å². The number of hydrogen-bond donors (Lipinski definition) is 0. The van der Waals surface area contributed by atoms with Crippen LogP contribution in [-0.4, -0.2) is 53.4 Å². The highest BCUT2D eigenvalue weighted by molar-refractivity contribution is 6.31. The molecule has 3 aromatic rings. The molecule has 29 heavy (non-hydrogen) atoms. The van der Waals surface area contributed by atoms with Crippen LogP contribution in [0.3, 0.4) is 0 Å². The third-order valence-electron chi connectivity index (χ3n) is 5.62. The number of benzene rings is 2. The molecule has 5 heteroatoms. The Labute approximate surface area is 177 Å². The van der Waals surface area contributed by atoms with Crippen LogP contribution >= 0.6 is 11.6 Å². The molecule has 1 aromatic heterocycles. The molecule has 2 heterocycles. The van der Waals surface area contributed by atoms with Crippen LogP contribution in [0.15, 0.2) is 48.5 Å². The first-order chi connectivity index (χ1) is 14.1. The first-order valence-corrected chi connectivity index (χ1v) is 10.6. The van der Waals surface area contributed by atoms with Gasteiger partial charge in [0.25, 0.3) is 5.91 Å². The molecular weight excluding hydrogens is 382 g/mol. The van der Waals surface area contributed by atoms with Crippen LogP contribution in [-0.2, 0) is 0 Å². The Kier molecular flexibility index (Phi) is 5.84. The van der Waals surface area contributed by atoms with Gasteiger partial charge in [-0.05, 0) is 49.7 Å². The van der Waals surface area contributed by atoms with Gasteiger partial charge in [-0.25, -0.2) is 4.98 Å². The van der Waals surface area contributed by atoms with Crippen LogP contribution < -0.4 is 0 Å². The Hall–Kier alpha value is -2.43. The van der Waals surface area contributed by atoms with E-state index in [1.165, 1.54) is 0 Å². The molecule has 1 fully saturated rings. The second-order valence-electron chi connectivity index (χ2n) is 7.67. The largest absolute Gasteiger partial charge is 0.336 e. The number of rotatable bonds is 4. The van der Waals surface area contributed by atoms with Crippen LogP contribution in [0.1, 0.15) is 29.3 Å². The number of piperazine rings is 1. The lowest BCUT2D eigenvalue weighted by atomic mass is 10.00. The smallest absolute Gasteiger partial charge is 0.254 e. The van der Waals surface area contributed by atoms with Gasteiger partial charge in [-0.3, -0.25) is 9.69 Å². The maximum atomic E-state index is 13.5. The topological polar surface area (TPSA) is 36.4 Å². The van der Waals surface area contributed by atoms with Gasteiger partial charge < -0.3 is 4.90 Å². The summed E-state index contributed by atoms with van der Waals surface area (Å²) in [5, 5.41) is 1.43. The van der Waals surface area contributed by atoms with Crippen molar-refractivity contribution in [3.63, 3.8) is 0 Å². The quantitative estimate of drug-likeness (QED) is 0.608. The van der Waals surface area contributed by atoms with E-state index in [0.29, 0.717) is 10.6 Å². The molecule has 1 aliphatic heterocycles. The Morgan fingerprint density at radius 2 is 1.83 bits per heavy atom. The average Bonchev–Trinajstić information content (AvgIpc) is 2.74. The fourth-order valence-electron chi connectivity index (χ4n) is 4.03. The van der Waals surface area contributed by atoms with E-state index in [-0.39, 0.29) is 5.91 Å². The van der Waals surface area contributed by atoms with Crippen molar-refractivity contribution in [2.45, 2.75) is 20.3 Å². The average molecular weight is 408 g/mol. The van der Waals surface area contributed by atoms with Gasteiger partial charge in [0.1, 0.15) is 0 Å². The molecule has 0 saturated carbocycles. The second-order valence-corrected chi connectivity index (χ2v) is 8.10. The predicted molar refractivity (Wildman–Crippen MR) is 120 cm³/mol. The molecule has 1 aliphatic rings. The monoisotopic (exact) mass is 407 g/mol. The van der Waals surface area contributed by atoms with Crippen LogP contribution in [0.2, 0.25) is 5.02 Å². The molecule has 0 unspecified atom stereocenters. The maximum absolute atomic E-state index is 13.5. The Morgan fingerprint density at radius 3 is 2.55 bits per heavy atom. The van der Waals surface area contributed by atoms with Crippen LogP contribution in [0.25, 0.3) is 22.2 Å². The molecule has 2 aromatic carbocycles. The summed E-state index contributed by atoms with van der Waals surface area (Å²) in [4.78, 5) is 22.7. The molecule has 0 bridgehead atoms. The number of carbonyl (C=O) groups is 1. The van der Waals surface area contributed by atoms with Gasteiger partial charge >= 0.3 is 0 Å². The van der Waals surface area contributed by atoms with Gasteiger partial charge in [0, 0.05) is 42.2 Å². The molecule has 0 aliphatic carbocycles. The minimum atomic E-state index is 0.0608. The number of amides is 1. The van der Waals surface area contributed by atoms with E-state index in [0.717, 1.165) is 66.9 Å². The summed E-state index contributed by atoms with van der Waals surface area (Å²) in [6.45, 7) is 8.70. The summed E-state index contributed by atoms with van der Waals surface area (Å²) < 4.78 is 0. The zero-order chi connectivity index (χ0) is 20.4. The van der Waals surface area contributed by atoms with E-state index in [1.54, 1.807) is 0 Å². The van der Waals surface area contributed by atoms with Crippen molar-refractivity contribution in [1.29, 1.82) is 0 Å². The zero-order valence-electron chi connectivity index (χ0n) is 17.0. The number of fused-ring (bicyclic) bond motifs is 1. The number of aromatic nitrogens is 1. The lowest BCUT2D eigenvalue weighted by molar-refractivity contribution is 0.0639. The van der Waals surface area contributed by atoms with Crippen LogP contribution in [0.5, 0.6) is 0 Å². The van der Waals surface area contributed by atoms with Gasteiger partial charge in [0.2, 0.25) is 0 Å². The molecule has 4 rings (SSSR count). The first-order valence-electron chi connectivity index (χ1n) is 10.2. The number of pyridine rings is 1. The highest BCUT2D eigenvalue weighted by atomic mass is 35.5. The summed E-state index contributed by atoms with van der Waals surface area (Å²) in [6.07, 6.45) is 1.14. The minimum Gasteiger partial charge on any atom is -0.336 e. The lowest BCUT2D eigenvalue weighted by Gasteiger charge is -2.34. The summed E-state index contributed by atoms with van der Waals surface area (Å²) in [5.74, 6) is 0.0608. The highest BCUT2D eigenvalue weighted by Gasteiger charge is 2.24. The van der Waals surface area contributed by atoms with Crippen molar-refractivity contribution in [3.05, 3.63) is 64.7 Å². The molecule has 4 nitrogen and oxygen atoms in total. The highest BCUT2D eigenvalue weighted by Crippen LogP contribution is 2.29. The normalized spacial score (nSPS) is 15.1. The predicted octanol–water partition coefficient (Wildman–Crippen LogP) is 5.03. The summed E-state index contributed by atoms with van der Waals surface area (Å²) in [7, 11) is 0. The van der Waals surface area contributed by atoms with Crippen molar-refractivity contribution in [2.75, 3.05) is 32.7 Å². The Balaban J connectivity index is 1.75. The van der Waals surface area contributed by atoms with Gasteiger partial charge in [-0.15, -0.1) is 0 Å². The number of nitrogens with zero attached hydrogens (tertiary/aromatic N) is 3.